The maximum Gasteiger partial charge on any atom is 0.123 e. The molecule has 0 bridgehead atoms. The lowest BCUT2D eigenvalue weighted by Crippen LogP contribution is -2.22. The summed E-state index contributed by atoms with van der Waals surface area (Å²) in [5.41, 5.74) is 8.04. The molecule has 2 aromatic rings. The van der Waals surface area contributed by atoms with Gasteiger partial charge in [0.2, 0.25) is 0 Å². The van der Waals surface area contributed by atoms with Gasteiger partial charge in [0.05, 0.1) is 5.69 Å². The van der Waals surface area contributed by atoms with Gasteiger partial charge in [-0.05, 0) is 24.2 Å². The predicted molar refractivity (Wildman–Crippen MR) is 74.9 cm³/mol. The lowest BCUT2D eigenvalue weighted by molar-refractivity contribution is 0.268. The summed E-state index contributed by atoms with van der Waals surface area (Å²) in [6.45, 7) is 4.92. The highest BCUT2D eigenvalue weighted by Crippen LogP contribution is 2.09. The second-order valence-corrected chi connectivity index (χ2v) is 4.34. The van der Waals surface area contributed by atoms with E-state index in [0.717, 1.165) is 25.3 Å². The largest absolute Gasteiger partial charge is 0.384 e. The van der Waals surface area contributed by atoms with E-state index in [9.17, 15) is 0 Å². The van der Waals surface area contributed by atoms with Gasteiger partial charge in [-0.3, -0.25) is 4.90 Å². The highest BCUT2D eigenvalue weighted by atomic mass is 15.1. The van der Waals surface area contributed by atoms with Crippen molar-refractivity contribution in [2.45, 2.75) is 20.0 Å². The summed E-state index contributed by atoms with van der Waals surface area (Å²) < 4.78 is 0. The second kappa shape index (κ2) is 6.17. The summed E-state index contributed by atoms with van der Waals surface area (Å²) in [6.07, 6.45) is 0. The van der Waals surface area contributed by atoms with Crippen molar-refractivity contribution in [1.82, 2.24) is 9.88 Å². The summed E-state index contributed by atoms with van der Waals surface area (Å²) >= 11 is 0. The normalized spacial score (nSPS) is 10.8. The van der Waals surface area contributed by atoms with Crippen molar-refractivity contribution >= 4 is 5.82 Å². The van der Waals surface area contributed by atoms with Crippen LogP contribution in [0.2, 0.25) is 0 Å². The molecule has 1 aromatic heterocycles. The fraction of sp³-hybridized carbons (Fsp3) is 0.267. The molecule has 0 aliphatic rings. The third kappa shape index (κ3) is 3.57. The molecule has 0 unspecified atom stereocenters. The van der Waals surface area contributed by atoms with E-state index in [-0.39, 0.29) is 0 Å². The highest BCUT2D eigenvalue weighted by Gasteiger charge is 2.05. The van der Waals surface area contributed by atoms with Gasteiger partial charge in [0.15, 0.2) is 0 Å². The molecule has 0 fully saturated rings. The Bertz CT molecular complexity index is 482. The first-order valence-corrected chi connectivity index (χ1v) is 6.25. The molecule has 2 N–H and O–H groups in total. The summed E-state index contributed by atoms with van der Waals surface area (Å²) in [4.78, 5) is 6.68. The van der Waals surface area contributed by atoms with Crippen molar-refractivity contribution in [3.63, 3.8) is 0 Å². The number of nitrogen functional groups attached to an aromatic ring is 1. The van der Waals surface area contributed by atoms with Gasteiger partial charge in [-0.1, -0.05) is 43.3 Å². The van der Waals surface area contributed by atoms with Crippen LogP contribution in [-0.2, 0) is 13.1 Å². The predicted octanol–water partition coefficient (Wildman–Crippen LogP) is 2.69. The highest BCUT2D eigenvalue weighted by molar-refractivity contribution is 5.28. The van der Waals surface area contributed by atoms with Gasteiger partial charge in [-0.25, -0.2) is 4.98 Å². The molecule has 94 valence electrons. The van der Waals surface area contributed by atoms with Crippen LogP contribution in [-0.4, -0.2) is 16.4 Å². The fourth-order valence-electron chi connectivity index (χ4n) is 1.94. The van der Waals surface area contributed by atoms with E-state index in [0.29, 0.717) is 5.82 Å². The molecule has 0 amide bonds. The smallest absolute Gasteiger partial charge is 0.123 e. The molecule has 18 heavy (non-hydrogen) atoms. The van der Waals surface area contributed by atoms with E-state index in [1.807, 2.05) is 24.3 Å². The number of hydrogen-bond donors (Lipinski definition) is 1. The van der Waals surface area contributed by atoms with Crippen molar-refractivity contribution in [3.05, 3.63) is 59.8 Å². The minimum Gasteiger partial charge on any atom is -0.384 e. The Hall–Kier alpha value is -1.87. The van der Waals surface area contributed by atoms with E-state index in [4.69, 9.17) is 5.73 Å². The minimum atomic E-state index is 0.586. The number of aromatic nitrogens is 1. The molecule has 1 aromatic carbocycles. The quantitative estimate of drug-likeness (QED) is 0.875. The van der Waals surface area contributed by atoms with Crippen molar-refractivity contribution in [3.8, 4) is 0 Å². The van der Waals surface area contributed by atoms with Crippen LogP contribution >= 0.6 is 0 Å². The van der Waals surface area contributed by atoms with Crippen molar-refractivity contribution in [2.75, 3.05) is 12.3 Å². The van der Waals surface area contributed by atoms with E-state index >= 15 is 0 Å². The number of nitrogens with two attached hydrogens (primary N) is 1. The van der Waals surface area contributed by atoms with E-state index < -0.39 is 0 Å². The van der Waals surface area contributed by atoms with Crippen LogP contribution in [0.25, 0.3) is 0 Å². The molecular weight excluding hydrogens is 222 g/mol. The standard InChI is InChI=1S/C15H19N3/c1-2-18(11-13-7-4-3-5-8-13)12-14-9-6-10-15(16)17-14/h3-10H,2,11-12H2,1H3,(H2,16,17). The molecule has 0 spiro atoms. The van der Waals surface area contributed by atoms with Gasteiger partial charge < -0.3 is 5.73 Å². The van der Waals surface area contributed by atoms with Gasteiger partial charge >= 0.3 is 0 Å². The monoisotopic (exact) mass is 241 g/mol. The number of pyridine rings is 1. The molecular formula is C15H19N3. The molecule has 1 heterocycles. The first-order chi connectivity index (χ1) is 8.78. The zero-order valence-electron chi connectivity index (χ0n) is 10.7. The van der Waals surface area contributed by atoms with E-state index in [2.05, 4.69) is 41.1 Å². The third-order valence-electron chi connectivity index (χ3n) is 2.91. The number of nitrogens with zero attached hydrogens (tertiary/aromatic N) is 2. The molecule has 0 radical (unpaired) electrons. The van der Waals surface area contributed by atoms with Crippen molar-refractivity contribution in [2.24, 2.45) is 0 Å². The average molecular weight is 241 g/mol. The van der Waals surface area contributed by atoms with Crippen molar-refractivity contribution in [1.29, 1.82) is 0 Å². The topological polar surface area (TPSA) is 42.1 Å². The van der Waals surface area contributed by atoms with Crippen LogP contribution in [0.5, 0.6) is 0 Å². The fourth-order valence-corrected chi connectivity index (χ4v) is 1.94. The van der Waals surface area contributed by atoms with Crippen LogP contribution in [0.15, 0.2) is 48.5 Å². The third-order valence-corrected chi connectivity index (χ3v) is 2.91. The van der Waals surface area contributed by atoms with Gasteiger partial charge in [0.25, 0.3) is 0 Å². The molecule has 3 nitrogen and oxygen atoms in total. The first-order valence-electron chi connectivity index (χ1n) is 6.25. The van der Waals surface area contributed by atoms with Crippen LogP contribution in [0.1, 0.15) is 18.2 Å². The molecule has 0 saturated heterocycles. The lowest BCUT2D eigenvalue weighted by atomic mass is 10.2. The Morgan fingerprint density at radius 3 is 2.44 bits per heavy atom. The first kappa shape index (κ1) is 12.6. The van der Waals surface area contributed by atoms with Gasteiger partial charge in [0.1, 0.15) is 5.82 Å². The summed E-state index contributed by atoms with van der Waals surface area (Å²) in [6, 6.07) is 16.3. The van der Waals surface area contributed by atoms with E-state index in [1.54, 1.807) is 0 Å². The van der Waals surface area contributed by atoms with Gasteiger partial charge in [-0.15, -0.1) is 0 Å². The van der Waals surface area contributed by atoms with Crippen LogP contribution in [0.3, 0.4) is 0 Å². The second-order valence-electron chi connectivity index (χ2n) is 4.34. The van der Waals surface area contributed by atoms with Crippen LogP contribution < -0.4 is 5.73 Å². The van der Waals surface area contributed by atoms with Crippen LogP contribution in [0.4, 0.5) is 5.82 Å². The molecule has 0 atom stereocenters. The summed E-state index contributed by atoms with van der Waals surface area (Å²) in [7, 11) is 0. The number of hydrogen-bond acceptors (Lipinski definition) is 3. The Labute approximate surface area is 108 Å². The number of anilines is 1. The average Bonchev–Trinajstić information content (AvgIpc) is 2.39. The number of rotatable bonds is 5. The number of benzene rings is 1. The van der Waals surface area contributed by atoms with Crippen LogP contribution in [0, 0.1) is 0 Å². The maximum absolute atomic E-state index is 5.70. The SMILES string of the molecule is CCN(Cc1ccccc1)Cc1cccc(N)n1. The molecule has 2 rings (SSSR count). The zero-order valence-corrected chi connectivity index (χ0v) is 10.7. The summed E-state index contributed by atoms with van der Waals surface area (Å²) in [5.74, 6) is 0.586. The molecule has 0 aliphatic heterocycles. The van der Waals surface area contributed by atoms with E-state index in [1.165, 1.54) is 5.56 Å². The Kier molecular flexibility index (Phi) is 4.31. The van der Waals surface area contributed by atoms with Gasteiger partial charge in [-0.2, -0.15) is 0 Å². The molecule has 0 saturated carbocycles. The molecule has 3 heteroatoms. The maximum atomic E-state index is 5.70. The minimum absolute atomic E-state index is 0.586. The van der Waals surface area contributed by atoms with Gasteiger partial charge in [0, 0.05) is 13.1 Å². The summed E-state index contributed by atoms with van der Waals surface area (Å²) in [5, 5.41) is 0. The lowest BCUT2D eigenvalue weighted by Gasteiger charge is -2.20. The molecule has 0 aliphatic carbocycles. The Morgan fingerprint density at radius 2 is 1.78 bits per heavy atom. The zero-order chi connectivity index (χ0) is 12.8. The Morgan fingerprint density at radius 1 is 1.00 bits per heavy atom. The van der Waals surface area contributed by atoms with Crippen molar-refractivity contribution < 1.29 is 0 Å². The Balaban J connectivity index is 2.01.